The van der Waals surface area contributed by atoms with E-state index in [0.29, 0.717) is 17.0 Å². The Balaban J connectivity index is 2.18. The maximum Gasteiger partial charge on any atom is 0.305 e. The van der Waals surface area contributed by atoms with Crippen LogP contribution >= 0.6 is 22.7 Å². The molecule has 0 bridgehead atoms. The summed E-state index contributed by atoms with van der Waals surface area (Å²) in [5.41, 5.74) is 0.0811. The van der Waals surface area contributed by atoms with E-state index >= 15 is 0 Å². The van der Waals surface area contributed by atoms with Gasteiger partial charge >= 0.3 is 4.87 Å². The minimum atomic E-state index is -3.65. The Morgan fingerprint density at radius 3 is 2.60 bits per heavy atom. The predicted octanol–water partition coefficient (Wildman–Crippen LogP) is 2.06. The molecular formula is C12H16N2O3S3. The van der Waals surface area contributed by atoms with E-state index in [4.69, 9.17) is 0 Å². The van der Waals surface area contributed by atoms with Gasteiger partial charge in [-0.1, -0.05) is 31.3 Å². The molecule has 0 saturated carbocycles. The highest BCUT2D eigenvalue weighted by Gasteiger charge is 2.27. The number of thiophene rings is 1. The van der Waals surface area contributed by atoms with Crippen LogP contribution in [0.1, 0.15) is 24.4 Å². The van der Waals surface area contributed by atoms with Crippen LogP contribution in [-0.4, -0.2) is 19.9 Å². The first kappa shape index (κ1) is 15.4. The van der Waals surface area contributed by atoms with Crippen molar-refractivity contribution in [3.8, 4) is 0 Å². The molecule has 0 aliphatic heterocycles. The molecule has 0 saturated heterocycles. The van der Waals surface area contributed by atoms with E-state index in [9.17, 15) is 13.2 Å². The quantitative estimate of drug-likeness (QED) is 0.879. The van der Waals surface area contributed by atoms with Crippen molar-refractivity contribution in [2.75, 3.05) is 6.54 Å². The average molecular weight is 332 g/mol. The third-order valence-electron chi connectivity index (χ3n) is 2.92. The monoisotopic (exact) mass is 332 g/mol. The van der Waals surface area contributed by atoms with E-state index in [0.717, 1.165) is 4.88 Å². The van der Waals surface area contributed by atoms with Gasteiger partial charge in [-0.2, -0.15) is 0 Å². The van der Waals surface area contributed by atoms with E-state index in [1.165, 1.54) is 0 Å². The second-order valence-electron chi connectivity index (χ2n) is 5.11. The minimum absolute atomic E-state index is 0.0597. The molecule has 2 rings (SSSR count). The highest BCUT2D eigenvalue weighted by molar-refractivity contribution is 7.91. The Labute approximate surface area is 125 Å². The van der Waals surface area contributed by atoms with Crippen LogP contribution in [-0.2, 0) is 15.4 Å². The molecule has 0 aliphatic rings. The topological polar surface area (TPSA) is 79.0 Å². The molecule has 0 fully saturated rings. The molecule has 20 heavy (non-hydrogen) atoms. The maximum atomic E-state index is 12.2. The van der Waals surface area contributed by atoms with Crippen molar-refractivity contribution in [2.45, 2.75) is 30.4 Å². The number of sulfonamides is 1. The van der Waals surface area contributed by atoms with E-state index in [-0.39, 0.29) is 21.0 Å². The van der Waals surface area contributed by atoms with Crippen LogP contribution in [0.4, 0.5) is 0 Å². The number of aromatic amines is 1. The van der Waals surface area contributed by atoms with E-state index in [2.05, 4.69) is 9.71 Å². The molecule has 0 radical (unpaired) electrons. The van der Waals surface area contributed by atoms with Crippen molar-refractivity contribution in [2.24, 2.45) is 0 Å². The van der Waals surface area contributed by atoms with E-state index < -0.39 is 10.0 Å². The molecule has 2 aromatic rings. The molecule has 2 N–H and O–H groups in total. The smallest absolute Gasteiger partial charge is 0.305 e. The van der Waals surface area contributed by atoms with Crippen LogP contribution in [0.5, 0.6) is 0 Å². The Bertz CT molecular complexity index is 739. The Hall–Kier alpha value is -0.960. The lowest BCUT2D eigenvalue weighted by Gasteiger charge is -2.23. The summed E-state index contributed by atoms with van der Waals surface area (Å²) in [5.74, 6) is 0. The molecule has 0 aliphatic carbocycles. The molecular weight excluding hydrogens is 316 g/mol. The summed E-state index contributed by atoms with van der Waals surface area (Å²) in [6.07, 6.45) is 0. The van der Waals surface area contributed by atoms with Gasteiger partial charge in [-0.25, -0.2) is 13.1 Å². The summed E-state index contributed by atoms with van der Waals surface area (Å²) in [5, 5.41) is 1.97. The first-order valence-corrected chi connectivity index (χ1v) is 9.14. The molecule has 0 amide bonds. The SMILES string of the molecule is Cc1[nH]c(=O)sc1S(=O)(=O)NCC(C)(C)c1cccs1. The van der Waals surface area contributed by atoms with Crippen LogP contribution in [0.2, 0.25) is 0 Å². The Morgan fingerprint density at radius 2 is 2.10 bits per heavy atom. The van der Waals surface area contributed by atoms with Crippen LogP contribution in [0, 0.1) is 6.92 Å². The molecule has 110 valence electrons. The van der Waals surface area contributed by atoms with Crippen molar-refractivity contribution >= 4 is 32.7 Å². The molecule has 2 aromatic heterocycles. The molecule has 8 heteroatoms. The maximum absolute atomic E-state index is 12.2. The van der Waals surface area contributed by atoms with Gasteiger partial charge in [0.05, 0.1) is 0 Å². The van der Waals surface area contributed by atoms with E-state index in [1.807, 2.05) is 31.4 Å². The molecule has 2 heterocycles. The van der Waals surface area contributed by atoms with Gasteiger partial charge in [0.15, 0.2) is 4.21 Å². The number of aromatic nitrogens is 1. The molecule has 5 nitrogen and oxygen atoms in total. The normalized spacial score (nSPS) is 12.8. The number of hydrogen-bond donors (Lipinski definition) is 2. The third kappa shape index (κ3) is 3.20. The van der Waals surface area contributed by atoms with Crippen LogP contribution < -0.4 is 9.60 Å². The summed E-state index contributed by atoms with van der Waals surface area (Å²) >= 11 is 2.31. The first-order chi connectivity index (χ1) is 9.22. The number of thiazole rings is 1. The van der Waals surface area contributed by atoms with Gasteiger partial charge in [-0.15, -0.1) is 11.3 Å². The zero-order chi connectivity index (χ0) is 15.0. The number of hydrogen-bond acceptors (Lipinski definition) is 5. The minimum Gasteiger partial charge on any atom is -0.315 e. The highest BCUT2D eigenvalue weighted by atomic mass is 32.2. The van der Waals surface area contributed by atoms with Crippen molar-refractivity contribution in [1.29, 1.82) is 0 Å². The van der Waals surface area contributed by atoms with Crippen molar-refractivity contribution in [1.82, 2.24) is 9.71 Å². The fourth-order valence-electron chi connectivity index (χ4n) is 1.74. The first-order valence-electron chi connectivity index (χ1n) is 5.96. The van der Waals surface area contributed by atoms with Crippen molar-refractivity contribution in [3.05, 3.63) is 37.8 Å². The Morgan fingerprint density at radius 1 is 1.40 bits per heavy atom. The lowest BCUT2D eigenvalue weighted by Crippen LogP contribution is -2.36. The van der Waals surface area contributed by atoms with E-state index in [1.54, 1.807) is 18.3 Å². The standard InChI is InChI=1S/C12H16N2O3S3/c1-8-10(19-11(15)14-8)20(16,17)13-7-12(2,3)9-5-4-6-18-9/h4-6,13H,7H2,1-3H3,(H,14,15). The summed E-state index contributed by atoms with van der Waals surface area (Å²) in [4.78, 5) is 14.5. The average Bonchev–Trinajstić information content (AvgIpc) is 2.97. The predicted molar refractivity (Wildman–Crippen MR) is 82.2 cm³/mol. The fourth-order valence-corrected chi connectivity index (χ4v) is 5.15. The van der Waals surface area contributed by atoms with Crippen molar-refractivity contribution in [3.63, 3.8) is 0 Å². The van der Waals surface area contributed by atoms with Gasteiger partial charge in [0.1, 0.15) is 0 Å². The van der Waals surface area contributed by atoms with Gasteiger partial charge in [-0.3, -0.25) is 4.79 Å². The lowest BCUT2D eigenvalue weighted by molar-refractivity contribution is 0.510. The summed E-state index contributed by atoms with van der Waals surface area (Å²) in [6, 6.07) is 3.93. The van der Waals surface area contributed by atoms with Gasteiger partial charge in [0.2, 0.25) is 0 Å². The number of H-pyrrole nitrogens is 1. The molecule has 0 atom stereocenters. The number of aryl methyl sites for hydroxylation is 1. The summed E-state index contributed by atoms with van der Waals surface area (Å²) in [7, 11) is -3.65. The largest absolute Gasteiger partial charge is 0.315 e. The zero-order valence-electron chi connectivity index (χ0n) is 11.4. The lowest BCUT2D eigenvalue weighted by atomic mass is 9.92. The number of rotatable bonds is 5. The van der Waals surface area contributed by atoms with Crippen LogP contribution in [0.15, 0.2) is 26.5 Å². The molecule has 0 aromatic carbocycles. The summed E-state index contributed by atoms with van der Waals surface area (Å²) < 4.78 is 27.1. The van der Waals surface area contributed by atoms with Crippen molar-refractivity contribution < 1.29 is 8.42 Å². The fraction of sp³-hybridized carbons (Fsp3) is 0.417. The highest BCUT2D eigenvalue weighted by Crippen LogP contribution is 2.27. The van der Waals surface area contributed by atoms with Crippen LogP contribution in [0.25, 0.3) is 0 Å². The van der Waals surface area contributed by atoms with Gasteiger partial charge in [0, 0.05) is 22.5 Å². The second-order valence-corrected chi connectivity index (χ2v) is 9.01. The molecule has 0 unspecified atom stereocenters. The van der Waals surface area contributed by atoms with Gasteiger partial charge in [-0.05, 0) is 18.4 Å². The van der Waals surface area contributed by atoms with Gasteiger partial charge < -0.3 is 4.98 Å². The zero-order valence-corrected chi connectivity index (χ0v) is 13.8. The second kappa shape index (κ2) is 5.44. The Kier molecular flexibility index (Phi) is 4.19. The van der Waals surface area contributed by atoms with Gasteiger partial charge in [0.25, 0.3) is 10.0 Å². The van der Waals surface area contributed by atoms with Crippen LogP contribution in [0.3, 0.4) is 0 Å². The molecule has 0 spiro atoms. The number of nitrogens with one attached hydrogen (secondary N) is 2. The third-order valence-corrected chi connectivity index (χ3v) is 7.16. The summed E-state index contributed by atoms with van der Waals surface area (Å²) in [6.45, 7) is 5.82.